The van der Waals surface area contributed by atoms with Crippen LogP contribution < -0.4 is 5.32 Å². The quantitative estimate of drug-likeness (QED) is 0.596. The maximum Gasteiger partial charge on any atom is 0.252 e. The lowest BCUT2D eigenvalue weighted by Gasteiger charge is -2.43. The topological polar surface area (TPSA) is 88.0 Å². The van der Waals surface area contributed by atoms with Gasteiger partial charge in [0.05, 0.1) is 25.4 Å². The molecule has 1 aromatic rings. The zero-order valence-corrected chi connectivity index (χ0v) is 15.6. The average molecular weight is 384 g/mol. The SMILES string of the molecule is C=CCO[C@H]1C[C@](OCc2cccc(Cl)c2)(C(=O)NCC)C[C@@H](O)[C@H]1O. The molecule has 1 fully saturated rings. The van der Waals surface area contributed by atoms with Crippen molar-refractivity contribution in [3.8, 4) is 0 Å². The lowest BCUT2D eigenvalue weighted by atomic mass is 9.78. The molecule has 26 heavy (non-hydrogen) atoms. The van der Waals surface area contributed by atoms with Crippen molar-refractivity contribution in [2.45, 2.75) is 50.3 Å². The minimum atomic E-state index is -1.30. The van der Waals surface area contributed by atoms with Crippen LogP contribution in [0.25, 0.3) is 0 Å². The van der Waals surface area contributed by atoms with E-state index < -0.39 is 23.9 Å². The van der Waals surface area contributed by atoms with Crippen LogP contribution in [0.3, 0.4) is 0 Å². The van der Waals surface area contributed by atoms with Crippen LogP contribution in [0.4, 0.5) is 0 Å². The predicted molar refractivity (Wildman–Crippen MR) is 98.8 cm³/mol. The van der Waals surface area contributed by atoms with E-state index in [-0.39, 0.29) is 32.0 Å². The Labute approximate surface area is 158 Å². The number of carbonyl (C=O) groups is 1. The summed E-state index contributed by atoms with van der Waals surface area (Å²) in [5.74, 6) is -0.333. The van der Waals surface area contributed by atoms with Crippen LogP contribution in [0, 0.1) is 0 Å². The third-order valence-electron chi connectivity index (χ3n) is 4.43. The molecule has 1 aliphatic rings. The van der Waals surface area contributed by atoms with Gasteiger partial charge in [-0.1, -0.05) is 29.8 Å². The Hall–Kier alpha value is -1.44. The molecule has 0 heterocycles. The summed E-state index contributed by atoms with van der Waals surface area (Å²) in [6.45, 7) is 6.17. The summed E-state index contributed by atoms with van der Waals surface area (Å²) >= 11 is 6.00. The van der Waals surface area contributed by atoms with Crippen LogP contribution in [0.2, 0.25) is 5.02 Å². The van der Waals surface area contributed by atoms with E-state index in [4.69, 9.17) is 21.1 Å². The smallest absolute Gasteiger partial charge is 0.252 e. The minimum Gasteiger partial charge on any atom is -0.390 e. The van der Waals surface area contributed by atoms with Crippen LogP contribution in [-0.4, -0.2) is 53.2 Å². The molecular weight excluding hydrogens is 358 g/mol. The van der Waals surface area contributed by atoms with E-state index >= 15 is 0 Å². The van der Waals surface area contributed by atoms with E-state index in [2.05, 4.69) is 11.9 Å². The first-order chi connectivity index (χ1) is 12.4. The van der Waals surface area contributed by atoms with Crippen molar-refractivity contribution in [3.63, 3.8) is 0 Å². The molecule has 7 heteroatoms. The number of aliphatic hydroxyl groups is 2. The molecule has 0 bridgehead atoms. The van der Waals surface area contributed by atoms with Crippen molar-refractivity contribution < 1.29 is 24.5 Å². The second kappa shape index (κ2) is 9.48. The molecule has 3 N–H and O–H groups in total. The van der Waals surface area contributed by atoms with Gasteiger partial charge in [-0.3, -0.25) is 4.79 Å². The fourth-order valence-electron chi connectivity index (χ4n) is 3.12. The second-order valence-electron chi connectivity index (χ2n) is 6.40. The van der Waals surface area contributed by atoms with Gasteiger partial charge in [-0.05, 0) is 24.6 Å². The number of halogens is 1. The fraction of sp³-hybridized carbons (Fsp3) is 0.526. The van der Waals surface area contributed by atoms with Gasteiger partial charge in [-0.2, -0.15) is 0 Å². The van der Waals surface area contributed by atoms with Gasteiger partial charge in [-0.15, -0.1) is 6.58 Å². The molecule has 1 saturated carbocycles. The van der Waals surface area contributed by atoms with E-state index in [0.717, 1.165) is 5.56 Å². The lowest BCUT2D eigenvalue weighted by molar-refractivity contribution is -0.196. The summed E-state index contributed by atoms with van der Waals surface area (Å²) in [6.07, 6.45) is -1.31. The Balaban J connectivity index is 2.22. The van der Waals surface area contributed by atoms with Gasteiger partial charge >= 0.3 is 0 Å². The highest BCUT2D eigenvalue weighted by atomic mass is 35.5. The fourth-order valence-corrected chi connectivity index (χ4v) is 3.34. The van der Waals surface area contributed by atoms with Gasteiger partial charge in [-0.25, -0.2) is 0 Å². The van der Waals surface area contributed by atoms with Crippen molar-refractivity contribution in [1.29, 1.82) is 0 Å². The molecule has 0 radical (unpaired) electrons. The summed E-state index contributed by atoms with van der Waals surface area (Å²) in [6, 6.07) is 7.16. The monoisotopic (exact) mass is 383 g/mol. The van der Waals surface area contributed by atoms with Gasteiger partial charge in [0, 0.05) is 24.4 Å². The molecule has 1 amide bonds. The summed E-state index contributed by atoms with van der Waals surface area (Å²) in [4.78, 5) is 12.7. The summed E-state index contributed by atoms with van der Waals surface area (Å²) < 4.78 is 11.6. The predicted octanol–water partition coefficient (Wildman–Crippen LogP) is 1.82. The van der Waals surface area contributed by atoms with Crippen LogP contribution in [0.15, 0.2) is 36.9 Å². The highest BCUT2D eigenvalue weighted by Crippen LogP contribution is 2.35. The van der Waals surface area contributed by atoms with E-state index in [1.165, 1.54) is 0 Å². The van der Waals surface area contributed by atoms with Gasteiger partial charge in [0.2, 0.25) is 0 Å². The van der Waals surface area contributed by atoms with E-state index in [9.17, 15) is 15.0 Å². The van der Waals surface area contributed by atoms with Crippen molar-refractivity contribution in [2.24, 2.45) is 0 Å². The minimum absolute atomic E-state index is 0.0193. The number of hydrogen-bond acceptors (Lipinski definition) is 5. The number of hydrogen-bond donors (Lipinski definition) is 3. The number of carbonyl (C=O) groups excluding carboxylic acids is 1. The first-order valence-electron chi connectivity index (χ1n) is 8.67. The summed E-state index contributed by atoms with van der Waals surface area (Å²) in [7, 11) is 0. The zero-order chi connectivity index (χ0) is 19.2. The molecule has 0 unspecified atom stereocenters. The Bertz CT molecular complexity index is 626. The molecule has 0 aliphatic heterocycles. The molecule has 0 saturated heterocycles. The molecule has 6 nitrogen and oxygen atoms in total. The van der Waals surface area contributed by atoms with E-state index in [1.54, 1.807) is 24.3 Å². The van der Waals surface area contributed by atoms with Gasteiger partial charge in [0.1, 0.15) is 6.10 Å². The van der Waals surface area contributed by atoms with Crippen LogP contribution in [0.5, 0.6) is 0 Å². The molecular formula is C19H26ClNO5. The number of rotatable bonds is 8. The Kier molecular flexibility index (Phi) is 7.61. The molecule has 1 aromatic carbocycles. The first-order valence-corrected chi connectivity index (χ1v) is 9.05. The molecule has 144 valence electrons. The van der Waals surface area contributed by atoms with E-state index in [0.29, 0.717) is 11.6 Å². The average Bonchev–Trinajstić information content (AvgIpc) is 2.62. The largest absolute Gasteiger partial charge is 0.390 e. The Morgan fingerprint density at radius 1 is 1.46 bits per heavy atom. The highest BCUT2D eigenvalue weighted by Gasteiger charge is 2.51. The van der Waals surface area contributed by atoms with E-state index in [1.807, 2.05) is 13.0 Å². The molecule has 4 atom stereocenters. The van der Waals surface area contributed by atoms with Gasteiger partial charge in [0.25, 0.3) is 5.91 Å². The molecule has 0 spiro atoms. The molecule has 0 aromatic heterocycles. The Morgan fingerprint density at radius 3 is 2.88 bits per heavy atom. The lowest BCUT2D eigenvalue weighted by Crippen LogP contribution is -2.60. The van der Waals surface area contributed by atoms with Crippen LogP contribution in [0.1, 0.15) is 25.3 Å². The summed E-state index contributed by atoms with van der Waals surface area (Å²) in [5, 5.41) is 23.9. The number of ether oxygens (including phenoxy) is 2. The normalized spacial score (nSPS) is 28.5. The third kappa shape index (κ3) is 5.05. The van der Waals surface area contributed by atoms with Crippen LogP contribution >= 0.6 is 11.6 Å². The Morgan fingerprint density at radius 2 is 2.23 bits per heavy atom. The van der Waals surface area contributed by atoms with Crippen molar-refractivity contribution in [3.05, 3.63) is 47.5 Å². The van der Waals surface area contributed by atoms with Crippen molar-refractivity contribution in [2.75, 3.05) is 13.2 Å². The number of amides is 1. The van der Waals surface area contributed by atoms with Crippen LogP contribution in [-0.2, 0) is 20.9 Å². The first kappa shape index (κ1) is 20.9. The van der Waals surface area contributed by atoms with Gasteiger partial charge < -0.3 is 25.0 Å². The number of benzene rings is 1. The maximum atomic E-state index is 12.7. The van der Waals surface area contributed by atoms with Crippen molar-refractivity contribution >= 4 is 17.5 Å². The number of aliphatic hydroxyl groups excluding tert-OH is 2. The zero-order valence-electron chi connectivity index (χ0n) is 14.9. The second-order valence-corrected chi connectivity index (χ2v) is 6.84. The molecule has 1 aliphatic carbocycles. The van der Waals surface area contributed by atoms with Gasteiger partial charge in [0.15, 0.2) is 5.60 Å². The maximum absolute atomic E-state index is 12.7. The highest BCUT2D eigenvalue weighted by molar-refractivity contribution is 6.30. The summed E-state index contributed by atoms with van der Waals surface area (Å²) in [5.41, 5.74) is -0.492. The van der Waals surface area contributed by atoms with Crippen molar-refractivity contribution in [1.82, 2.24) is 5.32 Å². The number of nitrogens with one attached hydrogen (secondary N) is 1. The standard InChI is InChI=1S/C19H26ClNO5/c1-3-8-25-16-11-19(18(24)21-4-2,10-15(22)17(16)23)26-12-13-6-5-7-14(20)9-13/h3,5-7,9,15-17,22-23H,1,4,8,10-12H2,2H3,(H,21,24)/t15-,16+,17-,19+/m1/s1. The third-order valence-corrected chi connectivity index (χ3v) is 4.66. The number of likely N-dealkylation sites (N-methyl/N-ethyl adjacent to an activating group) is 1. The molecule has 2 rings (SSSR count).